The smallest absolute Gasteiger partial charge is 0.303 e. The quantitative estimate of drug-likeness (QED) is 0.686. The SMILES string of the molecule is O=C(O)CCc1ccccc1NC(=O)CCOCC(F)F. The number of alkyl halides is 2. The fourth-order valence-corrected chi connectivity index (χ4v) is 1.65. The van der Waals surface area contributed by atoms with Crippen LogP contribution in [0.3, 0.4) is 0 Å². The Labute approximate surface area is 120 Å². The second-order valence-electron chi connectivity index (χ2n) is 4.32. The van der Waals surface area contributed by atoms with Gasteiger partial charge in [0, 0.05) is 12.1 Å². The number of aliphatic carboxylic acids is 1. The van der Waals surface area contributed by atoms with E-state index in [1.54, 1.807) is 24.3 Å². The minimum atomic E-state index is -2.55. The number of amides is 1. The second-order valence-corrected chi connectivity index (χ2v) is 4.32. The predicted molar refractivity (Wildman–Crippen MR) is 72.5 cm³/mol. The van der Waals surface area contributed by atoms with E-state index in [9.17, 15) is 18.4 Å². The monoisotopic (exact) mass is 301 g/mol. The van der Waals surface area contributed by atoms with Crippen molar-refractivity contribution in [2.75, 3.05) is 18.5 Å². The van der Waals surface area contributed by atoms with Crippen molar-refractivity contribution in [3.8, 4) is 0 Å². The number of carboxylic acid groups (broad SMARTS) is 1. The molecule has 0 unspecified atom stereocenters. The molecule has 0 aliphatic carbocycles. The van der Waals surface area contributed by atoms with Gasteiger partial charge in [0.15, 0.2) is 0 Å². The Morgan fingerprint density at radius 1 is 1.24 bits per heavy atom. The highest BCUT2D eigenvalue weighted by atomic mass is 19.3. The van der Waals surface area contributed by atoms with E-state index in [4.69, 9.17) is 5.11 Å². The van der Waals surface area contributed by atoms with Crippen molar-refractivity contribution in [1.29, 1.82) is 0 Å². The van der Waals surface area contributed by atoms with Crippen LogP contribution in [-0.2, 0) is 20.7 Å². The van der Waals surface area contributed by atoms with Gasteiger partial charge in [-0.15, -0.1) is 0 Å². The molecule has 116 valence electrons. The number of carbonyl (C=O) groups excluding carboxylic acids is 1. The third-order valence-corrected chi connectivity index (χ3v) is 2.62. The first-order chi connectivity index (χ1) is 9.99. The van der Waals surface area contributed by atoms with Crippen molar-refractivity contribution in [1.82, 2.24) is 0 Å². The predicted octanol–water partition coefficient (Wildman–Crippen LogP) is 2.31. The average Bonchev–Trinajstić information content (AvgIpc) is 2.42. The van der Waals surface area contributed by atoms with E-state index >= 15 is 0 Å². The Bertz CT molecular complexity index is 480. The number of halogens is 2. The van der Waals surface area contributed by atoms with Gasteiger partial charge in [-0.2, -0.15) is 0 Å². The molecule has 0 fully saturated rings. The van der Waals surface area contributed by atoms with Crippen molar-refractivity contribution in [3.05, 3.63) is 29.8 Å². The molecule has 0 saturated carbocycles. The summed E-state index contributed by atoms with van der Waals surface area (Å²) in [6.45, 7) is -0.782. The number of rotatable bonds is 9. The third-order valence-electron chi connectivity index (χ3n) is 2.62. The minimum absolute atomic E-state index is 0.0373. The summed E-state index contributed by atoms with van der Waals surface area (Å²) in [4.78, 5) is 22.2. The van der Waals surface area contributed by atoms with Crippen LogP contribution in [0.5, 0.6) is 0 Å². The molecule has 1 amide bonds. The number of carbonyl (C=O) groups is 2. The van der Waals surface area contributed by atoms with E-state index in [0.717, 1.165) is 0 Å². The highest BCUT2D eigenvalue weighted by Gasteiger charge is 2.09. The first-order valence-corrected chi connectivity index (χ1v) is 6.44. The molecule has 1 aromatic rings. The zero-order valence-corrected chi connectivity index (χ0v) is 11.4. The van der Waals surface area contributed by atoms with Gasteiger partial charge in [-0.3, -0.25) is 9.59 Å². The van der Waals surface area contributed by atoms with E-state index in [-0.39, 0.29) is 25.4 Å². The van der Waals surface area contributed by atoms with Crippen molar-refractivity contribution >= 4 is 17.6 Å². The Morgan fingerprint density at radius 2 is 1.95 bits per heavy atom. The number of hydrogen-bond donors (Lipinski definition) is 2. The number of anilines is 1. The van der Waals surface area contributed by atoms with Gasteiger partial charge in [0.2, 0.25) is 5.91 Å². The largest absolute Gasteiger partial charge is 0.481 e. The molecule has 0 bridgehead atoms. The molecule has 1 rings (SSSR count). The lowest BCUT2D eigenvalue weighted by Gasteiger charge is -2.10. The summed E-state index contributed by atoms with van der Waals surface area (Å²) < 4.78 is 28.3. The summed E-state index contributed by atoms with van der Waals surface area (Å²) in [5.41, 5.74) is 1.24. The van der Waals surface area contributed by atoms with Gasteiger partial charge in [-0.25, -0.2) is 8.78 Å². The molecule has 0 saturated heterocycles. The van der Waals surface area contributed by atoms with E-state index in [1.807, 2.05) is 0 Å². The van der Waals surface area contributed by atoms with Gasteiger partial charge in [0.05, 0.1) is 13.0 Å². The lowest BCUT2D eigenvalue weighted by Crippen LogP contribution is -2.16. The van der Waals surface area contributed by atoms with E-state index in [2.05, 4.69) is 10.1 Å². The number of ether oxygens (including phenoxy) is 1. The lowest BCUT2D eigenvalue weighted by molar-refractivity contribution is -0.137. The molecule has 5 nitrogen and oxygen atoms in total. The molecule has 7 heteroatoms. The second kappa shape index (κ2) is 9.02. The molecule has 0 aromatic heterocycles. The number of nitrogens with one attached hydrogen (secondary N) is 1. The highest BCUT2D eigenvalue weighted by Crippen LogP contribution is 2.17. The molecule has 2 N–H and O–H groups in total. The average molecular weight is 301 g/mol. The Morgan fingerprint density at radius 3 is 2.62 bits per heavy atom. The summed E-state index contributed by atoms with van der Waals surface area (Å²) in [7, 11) is 0. The van der Waals surface area contributed by atoms with Crippen LogP contribution in [0.1, 0.15) is 18.4 Å². The van der Waals surface area contributed by atoms with E-state index in [1.165, 1.54) is 0 Å². The van der Waals surface area contributed by atoms with Crippen LogP contribution in [0.25, 0.3) is 0 Å². The molecule has 1 aromatic carbocycles. The number of hydrogen-bond acceptors (Lipinski definition) is 3. The standard InChI is InChI=1S/C14H17F2NO4/c15-12(16)9-21-8-7-13(18)17-11-4-2-1-3-10(11)5-6-14(19)20/h1-4,12H,5-9H2,(H,17,18)(H,19,20). The van der Waals surface area contributed by atoms with E-state index in [0.29, 0.717) is 17.7 Å². The van der Waals surface area contributed by atoms with Crippen LogP contribution < -0.4 is 5.32 Å². The molecule has 0 atom stereocenters. The highest BCUT2D eigenvalue weighted by molar-refractivity contribution is 5.91. The van der Waals surface area contributed by atoms with Crippen LogP contribution >= 0.6 is 0 Å². The lowest BCUT2D eigenvalue weighted by atomic mass is 10.1. The van der Waals surface area contributed by atoms with Gasteiger partial charge in [0.1, 0.15) is 6.61 Å². The van der Waals surface area contributed by atoms with Crippen LogP contribution in [-0.4, -0.2) is 36.6 Å². The van der Waals surface area contributed by atoms with Crippen molar-refractivity contribution in [2.45, 2.75) is 25.7 Å². The zero-order valence-electron chi connectivity index (χ0n) is 11.4. The number of aryl methyl sites for hydroxylation is 1. The normalized spacial score (nSPS) is 10.6. The first-order valence-electron chi connectivity index (χ1n) is 6.44. The van der Waals surface area contributed by atoms with Gasteiger partial charge in [0.25, 0.3) is 6.43 Å². The van der Waals surface area contributed by atoms with Crippen LogP contribution in [0.2, 0.25) is 0 Å². The van der Waals surface area contributed by atoms with Crippen LogP contribution in [0, 0.1) is 0 Å². The topological polar surface area (TPSA) is 75.6 Å². The van der Waals surface area contributed by atoms with Crippen molar-refractivity contribution in [3.63, 3.8) is 0 Å². The summed E-state index contributed by atoms with van der Waals surface area (Å²) in [6, 6.07) is 6.85. The Hall–Kier alpha value is -2.02. The molecule has 0 aliphatic heterocycles. The molecular weight excluding hydrogens is 284 g/mol. The van der Waals surface area contributed by atoms with Crippen molar-refractivity contribution in [2.24, 2.45) is 0 Å². The van der Waals surface area contributed by atoms with E-state index < -0.39 is 19.0 Å². The van der Waals surface area contributed by atoms with Gasteiger partial charge in [-0.05, 0) is 18.1 Å². The third kappa shape index (κ3) is 7.36. The van der Waals surface area contributed by atoms with Gasteiger partial charge in [-0.1, -0.05) is 18.2 Å². The summed E-state index contributed by atoms with van der Waals surface area (Å²) >= 11 is 0. The maximum atomic E-state index is 11.8. The summed E-state index contributed by atoms with van der Waals surface area (Å²) in [6.07, 6.45) is -2.33. The summed E-state index contributed by atoms with van der Waals surface area (Å²) in [5, 5.41) is 11.3. The van der Waals surface area contributed by atoms with Gasteiger partial charge < -0.3 is 15.2 Å². The maximum absolute atomic E-state index is 11.8. The number of benzene rings is 1. The molecule has 21 heavy (non-hydrogen) atoms. The fraction of sp³-hybridized carbons (Fsp3) is 0.429. The van der Waals surface area contributed by atoms with Crippen molar-refractivity contribution < 1.29 is 28.2 Å². The number of para-hydroxylation sites is 1. The molecule has 0 spiro atoms. The maximum Gasteiger partial charge on any atom is 0.303 e. The van der Waals surface area contributed by atoms with Crippen LogP contribution in [0.15, 0.2) is 24.3 Å². The molecular formula is C14H17F2NO4. The Kier molecular flexibility index (Phi) is 7.31. The minimum Gasteiger partial charge on any atom is -0.481 e. The molecule has 0 radical (unpaired) electrons. The van der Waals surface area contributed by atoms with Crippen LogP contribution in [0.4, 0.5) is 14.5 Å². The fourth-order valence-electron chi connectivity index (χ4n) is 1.65. The number of carboxylic acids is 1. The van der Waals surface area contributed by atoms with Gasteiger partial charge >= 0.3 is 5.97 Å². The zero-order chi connectivity index (χ0) is 15.7. The summed E-state index contributed by atoms with van der Waals surface area (Å²) in [5.74, 6) is -1.29. The molecule has 0 aliphatic rings. The Balaban J connectivity index is 2.46. The first kappa shape index (κ1) is 17.0. The molecule has 0 heterocycles.